The molecule has 2 atom stereocenters. The molecule has 3 aromatic rings. The van der Waals surface area contributed by atoms with Gasteiger partial charge in [0.25, 0.3) is 0 Å². The zero-order valence-corrected chi connectivity index (χ0v) is 20.4. The van der Waals surface area contributed by atoms with Gasteiger partial charge in [0, 0.05) is 19.2 Å². The average molecular weight is 545 g/mol. The maximum absolute atomic E-state index is 13.7. The minimum atomic E-state index is -4.95. The third-order valence-electron chi connectivity index (χ3n) is 5.45. The summed E-state index contributed by atoms with van der Waals surface area (Å²) in [7, 11) is -3.31. The highest BCUT2D eigenvalue weighted by Gasteiger charge is 2.38. The predicted octanol–water partition coefficient (Wildman–Crippen LogP) is 4.03. The van der Waals surface area contributed by atoms with Crippen LogP contribution in [0.2, 0.25) is 0 Å². The molecule has 200 valence electrons. The largest absolute Gasteiger partial charge is 0.497 e. The van der Waals surface area contributed by atoms with E-state index in [2.05, 4.69) is 10.0 Å². The zero-order valence-electron chi connectivity index (χ0n) is 19.6. The highest BCUT2D eigenvalue weighted by molar-refractivity contribution is 7.89. The molecule has 3 aromatic carbocycles. The maximum Gasteiger partial charge on any atom is 0.417 e. The van der Waals surface area contributed by atoms with Crippen LogP contribution in [-0.2, 0) is 29.2 Å². The number of rotatable bonds is 11. The van der Waals surface area contributed by atoms with Gasteiger partial charge in [0.1, 0.15) is 17.4 Å². The molecule has 0 aliphatic carbocycles. The van der Waals surface area contributed by atoms with E-state index < -0.39 is 56.9 Å². The average Bonchev–Trinajstić information content (AvgIpc) is 2.82. The molecule has 0 saturated heterocycles. The zero-order chi connectivity index (χ0) is 27.2. The van der Waals surface area contributed by atoms with Gasteiger partial charge in [-0.25, -0.2) is 21.9 Å². The van der Waals surface area contributed by atoms with Crippen LogP contribution in [-0.4, -0.2) is 39.3 Å². The monoisotopic (exact) mass is 544 g/mol. The molecule has 12 heteroatoms. The van der Waals surface area contributed by atoms with Gasteiger partial charge in [0.05, 0.1) is 29.7 Å². The van der Waals surface area contributed by atoms with Gasteiger partial charge < -0.3 is 15.2 Å². The van der Waals surface area contributed by atoms with E-state index in [0.29, 0.717) is 17.9 Å². The lowest BCUT2D eigenvalue weighted by Gasteiger charge is -2.25. The van der Waals surface area contributed by atoms with Crippen molar-refractivity contribution in [3.05, 3.63) is 95.1 Å². The minimum Gasteiger partial charge on any atom is -0.497 e. The summed E-state index contributed by atoms with van der Waals surface area (Å²) in [6.45, 7) is 0.0579. The van der Waals surface area contributed by atoms with E-state index in [0.717, 1.165) is 35.9 Å². The van der Waals surface area contributed by atoms with Crippen molar-refractivity contribution in [2.24, 2.45) is 0 Å². The van der Waals surface area contributed by atoms with Crippen LogP contribution in [0.25, 0.3) is 0 Å². The molecule has 3 rings (SSSR count). The van der Waals surface area contributed by atoms with Crippen molar-refractivity contribution in [2.45, 2.75) is 36.2 Å². The summed E-state index contributed by atoms with van der Waals surface area (Å²) in [5, 5.41) is 13.7. The van der Waals surface area contributed by atoms with Crippen molar-refractivity contribution < 1.29 is 40.2 Å². The Morgan fingerprint density at radius 1 is 0.946 bits per heavy atom. The summed E-state index contributed by atoms with van der Waals surface area (Å²) < 4.78 is 101. The number of aliphatic hydroxyl groups excluding tert-OH is 1. The Labute approximate surface area is 211 Å². The number of nitrogens with one attached hydrogen (secondary N) is 2. The Bertz CT molecular complexity index is 1300. The van der Waals surface area contributed by atoms with E-state index in [9.17, 15) is 35.5 Å². The molecule has 0 saturated carbocycles. The number of benzene rings is 3. The summed E-state index contributed by atoms with van der Waals surface area (Å²) in [6.07, 6.45) is -6.84. The van der Waals surface area contributed by atoms with E-state index in [4.69, 9.17) is 4.74 Å². The van der Waals surface area contributed by atoms with E-state index in [1.807, 2.05) is 0 Å². The van der Waals surface area contributed by atoms with Gasteiger partial charge in [0.15, 0.2) is 0 Å². The fraction of sp³-hybridized carbons (Fsp3) is 0.280. The van der Waals surface area contributed by atoms with Gasteiger partial charge in [-0.3, -0.25) is 0 Å². The summed E-state index contributed by atoms with van der Waals surface area (Å²) in [6, 6.07) is 11.7. The third-order valence-corrected chi connectivity index (χ3v) is 7.00. The van der Waals surface area contributed by atoms with Crippen molar-refractivity contribution in [2.75, 3.05) is 13.7 Å². The summed E-state index contributed by atoms with van der Waals surface area (Å²) in [5.74, 6) is -1.25. The number of hydrogen-bond donors (Lipinski definition) is 3. The number of methoxy groups -OCH3 is 1. The van der Waals surface area contributed by atoms with E-state index in [-0.39, 0.29) is 18.7 Å². The SMILES string of the molecule is COc1cccc(CNC[C@@H](O)[C@H](Cc2cc(F)cc(F)c2)NS(=O)(=O)c2ccccc2C(F)(F)F)c1. The Balaban J connectivity index is 1.84. The Hall–Kier alpha value is -3.06. The molecular formula is C25H25F5N2O4S. The molecule has 0 aliphatic rings. The van der Waals surface area contributed by atoms with Crippen LogP contribution >= 0.6 is 0 Å². The van der Waals surface area contributed by atoms with Gasteiger partial charge in [-0.1, -0.05) is 24.3 Å². The highest BCUT2D eigenvalue weighted by atomic mass is 32.2. The first-order valence-electron chi connectivity index (χ1n) is 11.0. The van der Waals surface area contributed by atoms with Crippen molar-refractivity contribution >= 4 is 10.0 Å². The lowest BCUT2D eigenvalue weighted by atomic mass is 10.0. The van der Waals surface area contributed by atoms with Crippen LogP contribution in [0.15, 0.2) is 71.6 Å². The molecule has 0 aliphatic heterocycles. The lowest BCUT2D eigenvalue weighted by molar-refractivity contribution is -0.139. The first-order chi connectivity index (χ1) is 17.4. The fourth-order valence-corrected chi connectivity index (χ4v) is 5.22. The number of aliphatic hydroxyl groups is 1. The number of ether oxygens (including phenoxy) is 1. The van der Waals surface area contributed by atoms with E-state index >= 15 is 0 Å². The van der Waals surface area contributed by atoms with Crippen LogP contribution in [0.5, 0.6) is 5.75 Å². The first-order valence-corrected chi connectivity index (χ1v) is 12.5. The van der Waals surface area contributed by atoms with E-state index in [1.165, 1.54) is 7.11 Å². The third kappa shape index (κ3) is 7.96. The predicted molar refractivity (Wildman–Crippen MR) is 126 cm³/mol. The molecule has 0 heterocycles. The van der Waals surface area contributed by atoms with Crippen molar-refractivity contribution in [1.82, 2.24) is 10.0 Å². The van der Waals surface area contributed by atoms with Crippen LogP contribution < -0.4 is 14.8 Å². The van der Waals surface area contributed by atoms with Crippen molar-refractivity contribution in [3.8, 4) is 5.75 Å². The molecule has 0 aromatic heterocycles. The second-order valence-electron chi connectivity index (χ2n) is 8.25. The molecule has 0 fully saturated rings. The lowest BCUT2D eigenvalue weighted by Crippen LogP contribution is -2.48. The summed E-state index contributed by atoms with van der Waals surface area (Å²) in [5.41, 5.74) is -0.597. The summed E-state index contributed by atoms with van der Waals surface area (Å²) in [4.78, 5) is -1.03. The molecular weight excluding hydrogens is 519 g/mol. The molecule has 3 N–H and O–H groups in total. The highest BCUT2D eigenvalue weighted by Crippen LogP contribution is 2.34. The normalized spacial score (nSPS) is 13.8. The Morgan fingerprint density at radius 3 is 2.27 bits per heavy atom. The smallest absolute Gasteiger partial charge is 0.417 e. The number of halogens is 5. The summed E-state index contributed by atoms with van der Waals surface area (Å²) >= 11 is 0. The minimum absolute atomic E-state index is 0.00107. The van der Waals surface area contributed by atoms with Crippen LogP contribution in [0.1, 0.15) is 16.7 Å². The van der Waals surface area contributed by atoms with Crippen LogP contribution in [0.3, 0.4) is 0 Å². The number of hydrogen-bond acceptors (Lipinski definition) is 5. The molecule has 0 bridgehead atoms. The first kappa shape index (κ1) is 28.5. The second-order valence-corrected chi connectivity index (χ2v) is 9.94. The van der Waals surface area contributed by atoms with Crippen LogP contribution in [0, 0.1) is 11.6 Å². The molecule has 6 nitrogen and oxygen atoms in total. The Kier molecular flexibility index (Phi) is 9.24. The number of alkyl halides is 3. The fourth-order valence-electron chi connectivity index (χ4n) is 3.73. The van der Waals surface area contributed by atoms with Gasteiger partial charge in [-0.15, -0.1) is 0 Å². The second kappa shape index (κ2) is 12.0. The maximum atomic E-state index is 13.7. The van der Waals surface area contributed by atoms with Gasteiger partial charge in [-0.05, 0) is 53.9 Å². The van der Waals surface area contributed by atoms with Crippen molar-refractivity contribution in [3.63, 3.8) is 0 Å². The van der Waals surface area contributed by atoms with Gasteiger partial charge in [-0.2, -0.15) is 13.2 Å². The quantitative estimate of drug-likeness (QED) is 0.318. The van der Waals surface area contributed by atoms with Crippen LogP contribution in [0.4, 0.5) is 22.0 Å². The molecule has 0 amide bonds. The van der Waals surface area contributed by atoms with E-state index in [1.54, 1.807) is 24.3 Å². The Morgan fingerprint density at radius 2 is 1.62 bits per heavy atom. The molecule has 0 spiro atoms. The molecule has 0 unspecified atom stereocenters. The van der Waals surface area contributed by atoms with Gasteiger partial charge >= 0.3 is 6.18 Å². The molecule has 0 radical (unpaired) electrons. The number of sulfonamides is 1. The standard InChI is InChI=1S/C25H25F5N2O4S/c1-36-20-6-4-5-16(11-20)14-31-15-23(33)22(12-17-9-18(26)13-19(27)10-17)32-37(34,35)24-8-3-2-7-21(24)25(28,29)30/h2-11,13,22-23,31-33H,12,14-15H2,1H3/t22-,23+/m0/s1. The molecule has 37 heavy (non-hydrogen) atoms. The van der Waals surface area contributed by atoms with Gasteiger partial charge in [0.2, 0.25) is 10.0 Å². The topological polar surface area (TPSA) is 87.7 Å². The van der Waals surface area contributed by atoms with Crippen molar-refractivity contribution in [1.29, 1.82) is 0 Å².